The van der Waals surface area contributed by atoms with E-state index in [4.69, 9.17) is 4.74 Å². The van der Waals surface area contributed by atoms with Crippen molar-refractivity contribution in [3.63, 3.8) is 0 Å². The summed E-state index contributed by atoms with van der Waals surface area (Å²) < 4.78 is 5.30. The van der Waals surface area contributed by atoms with Gasteiger partial charge in [-0.1, -0.05) is 38.1 Å². The van der Waals surface area contributed by atoms with Crippen molar-refractivity contribution < 1.29 is 9.53 Å². The smallest absolute Gasteiger partial charge is 0.230 e. The minimum Gasteiger partial charge on any atom is -0.381 e. The fourth-order valence-corrected chi connectivity index (χ4v) is 3.13. The third-order valence-electron chi connectivity index (χ3n) is 3.76. The second-order valence-corrected chi connectivity index (χ2v) is 6.91. The molecule has 116 valence electrons. The highest BCUT2D eigenvalue weighted by atomic mass is 32.2. The summed E-state index contributed by atoms with van der Waals surface area (Å²) in [7, 11) is 0. The summed E-state index contributed by atoms with van der Waals surface area (Å²) in [5.41, 5.74) is 2.64. The van der Waals surface area contributed by atoms with Crippen molar-refractivity contribution >= 4 is 17.7 Å². The molecule has 0 radical (unpaired) electrons. The standard InChI is InChI=1S/C17H25NO2S/c1-13(2)16-5-3-14(4-6-16)11-21-12-17(19)18-9-15-7-8-20-10-15/h3-6,13,15H,7-12H2,1-2H3,(H,18,19). The van der Waals surface area contributed by atoms with Crippen molar-refractivity contribution in [1.29, 1.82) is 0 Å². The molecule has 4 heteroatoms. The first-order valence-electron chi connectivity index (χ1n) is 7.66. The minimum absolute atomic E-state index is 0.130. The van der Waals surface area contributed by atoms with E-state index in [-0.39, 0.29) is 5.91 Å². The van der Waals surface area contributed by atoms with Crippen molar-refractivity contribution in [3.05, 3.63) is 35.4 Å². The van der Waals surface area contributed by atoms with Gasteiger partial charge in [-0.25, -0.2) is 0 Å². The predicted molar refractivity (Wildman–Crippen MR) is 88.6 cm³/mol. The van der Waals surface area contributed by atoms with Gasteiger partial charge in [0.05, 0.1) is 12.4 Å². The molecule has 1 saturated heterocycles. The van der Waals surface area contributed by atoms with Gasteiger partial charge in [-0.3, -0.25) is 4.79 Å². The zero-order valence-corrected chi connectivity index (χ0v) is 13.7. The Morgan fingerprint density at radius 1 is 1.38 bits per heavy atom. The molecule has 1 aromatic carbocycles. The summed E-state index contributed by atoms with van der Waals surface area (Å²) in [4.78, 5) is 11.8. The lowest BCUT2D eigenvalue weighted by Crippen LogP contribution is -2.30. The maximum atomic E-state index is 11.8. The molecule has 1 atom stereocenters. The van der Waals surface area contributed by atoms with Crippen LogP contribution in [0.5, 0.6) is 0 Å². The number of carbonyl (C=O) groups excluding carboxylic acids is 1. The first kappa shape index (κ1) is 16.4. The van der Waals surface area contributed by atoms with Crippen LogP contribution in [-0.4, -0.2) is 31.4 Å². The Morgan fingerprint density at radius 3 is 2.76 bits per heavy atom. The lowest BCUT2D eigenvalue weighted by atomic mass is 10.0. The van der Waals surface area contributed by atoms with E-state index in [1.165, 1.54) is 11.1 Å². The minimum atomic E-state index is 0.130. The van der Waals surface area contributed by atoms with Gasteiger partial charge in [-0.05, 0) is 23.5 Å². The van der Waals surface area contributed by atoms with E-state index < -0.39 is 0 Å². The highest BCUT2D eigenvalue weighted by Crippen LogP contribution is 2.18. The van der Waals surface area contributed by atoms with E-state index in [1.807, 2.05) is 0 Å². The fourth-order valence-electron chi connectivity index (χ4n) is 2.31. The molecular weight excluding hydrogens is 282 g/mol. The van der Waals surface area contributed by atoms with Crippen LogP contribution in [0.25, 0.3) is 0 Å². The molecule has 0 aliphatic carbocycles. The Hall–Kier alpha value is -1.00. The molecule has 1 fully saturated rings. The van der Waals surface area contributed by atoms with Crippen LogP contribution in [0.3, 0.4) is 0 Å². The lowest BCUT2D eigenvalue weighted by Gasteiger charge is -2.09. The fraction of sp³-hybridized carbons (Fsp3) is 0.588. The molecule has 2 rings (SSSR count). The van der Waals surface area contributed by atoms with Crippen molar-refractivity contribution in [2.24, 2.45) is 5.92 Å². The highest BCUT2D eigenvalue weighted by Gasteiger charge is 2.16. The SMILES string of the molecule is CC(C)c1ccc(CSCC(=O)NCC2CCOC2)cc1. The largest absolute Gasteiger partial charge is 0.381 e. The Kier molecular flexibility index (Phi) is 6.58. The molecule has 1 unspecified atom stereocenters. The van der Waals surface area contributed by atoms with Gasteiger partial charge in [0, 0.05) is 24.8 Å². The molecule has 1 N–H and O–H groups in total. The van der Waals surface area contributed by atoms with Crippen LogP contribution in [-0.2, 0) is 15.3 Å². The Morgan fingerprint density at radius 2 is 2.14 bits per heavy atom. The summed E-state index contributed by atoms with van der Waals surface area (Å²) >= 11 is 1.67. The number of rotatable bonds is 7. The normalized spacial score (nSPS) is 18.1. The Bertz CT molecular complexity index is 439. The second kappa shape index (κ2) is 8.44. The summed E-state index contributed by atoms with van der Waals surface area (Å²) in [5, 5.41) is 3.00. The number of nitrogens with one attached hydrogen (secondary N) is 1. The molecule has 1 amide bonds. The molecule has 1 heterocycles. The molecule has 21 heavy (non-hydrogen) atoms. The quantitative estimate of drug-likeness (QED) is 0.841. The van der Waals surface area contributed by atoms with Crippen molar-refractivity contribution in [2.75, 3.05) is 25.5 Å². The van der Waals surface area contributed by atoms with Gasteiger partial charge >= 0.3 is 0 Å². The maximum Gasteiger partial charge on any atom is 0.230 e. The van der Waals surface area contributed by atoms with Gasteiger partial charge in [0.25, 0.3) is 0 Å². The molecular formula is C17H25NO2S. The van der Waals surface area contributed by atoms with Crippen molar-refractivity contribution in [2.45, 2.75) is 31.9 Å². The zero-order valence-electron chi connectivity index (χ0n) is 12.9. The summed E-state index contributed by atoms with van der Waals surface area (Å²) in [6.45, 7) is 6.77. The number of hydrogen-bond acceptors (Lipinski definition) is 3. The zero-order chi connectivity index (χ0) is 15.1. The maximum absolute atomic E-state index is 11.8. The summed E-state index contributed by atoms with van der Waals surface area (Å²) in [6, 6.07) is 8.69. The molecule has 0 aromatic heterocycles. The molecule has 0 saturated carbocycles. The Balaban J connectivity index is 1.62. The molecule has 1 aliphatic heterocycles. The van der Waals surface area contributed by atoms with Crippen LogP contribution in [0.4, 0.5) is 0 Å². The lowest BCUT2D eigenvalue weighted by molar-refractivity contribution is -0.118. The average molecular weight is 307 g/mol. The van der Waals surface area contributed by atoms with E-state index in [1.54, 1.807) is 11.8 Å². The molecule has 0 spiro atoms. The Labute approximate surface area is 131 Å². The monoisotopic (exact) mass is 307 g/mol. The van der Waals surface area contributed by atoms with Gasteiger partial charge in [0.1, 0.15) is 0 Å². The second-order valence-electron chi connectivity index (χ2n) is 5.92. The van der Waals surface area contributed by atoms with Crippen molar-refractivity contribution in [3.8, 4) is 0 Å². The number of ether oxygens (including phenoxy) is 1. The van der Waals surface area contributed by atoms with E-state index in [0.717, 1.165) is 31.9 Å². The van der Waals surface area contributed by atoms with Crippen molar-refractivity contribution in [1.82, 2.24) is 5.32 Å². The van der Waals surface area contributed by atoms with Gasteiger partial charge in [0.15, 0.2) is 0 Å². The topological polar surface area (TPSA) is 38.3 Å². The van der Waals surface area contributed by atoms with Crippen LogP contribution in [0.1, 0.15) is 37.3 Å². The number of thioether (sulfide) groups is 1. The molecule has 3 nitrogen and oxygen atoms in total. The van der Waals surface area contributed by atoms with E-state index in [9.17, 15) is 4.79 Å². The van der Waals surface area contributed by atoms with E-state index in [2.05, 4.69) is 43.4 Å². The third kappa shape index (κ3) is 5.71. The predicted octanol–water partition coefficient (Wildman–Crippen LogP) is 3.20. The van der Waals surface area contributed by atoms with Gasteiger partial charge in [-0.15, -0.1) is 11.8 Å². The first-order chi connectivity index (χ1) is 10.1. The third-order valence-corrected chi connectivity index (χ3v) is 4.76. The van der Waals surface area contributed by atoms with E-state index >= 15 is 0 Å². The van der Waals surface area contributed by atoms with Crippen LogP contribution in [0.2, 0.25) is 0 Å². The number of hydrogen-bond donors (Lipinski definition) is 1. The van der Waals surface area contributed by atoms with E-state index in [0.29, 0.717) is 17.6 Å². The van der Waals surface area contributed by atoms with Crippen LogP contribution >= 0.6 is 11.8 Å². The number of amides is 1. The highest BCUT2D eigenvalue weighted by molar-refractivity contribution is 7.99. The summed E-state index contributed by atoms with van der Waals surface area (Å²) in [6.07, 6.45) is 1.07. The molecule has 1 aliphatic rings. The average Bonchev–Trinajstić information content (AvgIpc) is 2.99. The summed E-state index contributed by atoms with van der Waals surface area (Å²) in [5.74, 6) is 2.61. The van der Waals surface area contributed by atoms with Crippen LogP contribution in [0, 0.1) is 5.92 Å². The first-order valence-corrected chi connectivity index (χ1v) is 8.81. The number of benzene rings is 1. The molecule has 1 aromatic rings. The van der Waals surface area contributed by atoms with Gasteiger partial charge < -0.3 is 10.1 Å². The molecule has 0 bridgehead atoms. The van der Waals surface area contributed by atoms with Gasteiger partial charge in [-0.2, -0.15) is 0 Å². The van der Waals surface area contributed by atoms with Crippen LogP contribution in [0.15, 0.2) is 24.3 Å². The van der Waals surface area contributed by atoms with Crippen LogP contribution < -0.4 is 5.32 Å². The number of carbonyl (C=O) groups is 1. The van der Waals surface area contributed by atoms with Gasteiger partial charge in [0.2, 0.25) is 5.91 Å².